The quantitative estimate of drug-likeness (QED) is 0.633. The Kier molecular flexibility index (Phi) is 6.17. The number of hydrogen-bond donors (Lipinski definition) is 1. The zero-order valence-electron chi connectivity index (χ0n) is 15.3. The highest BCUT2D eigenvalue weighted by molar-refractivity contribution is 5.67. The third-order valence-electron chi connectivity index (χ3n) is 4.29. The van der Waals surface area contributed by atoms with E-state index in [1.807, 2.05) is 30.5 Å². The summed E-state index contributed by atoms with van der Waals surface area (Å²) in [4.78, 5) is 11.2. The molecule has 0 amide bonds. The second kappa shape index (κ2) is 8.75. The van der Waals surface area contributed by atoms with Gasteiger partial charge in [-0.3, -0.25) is 9.88 Å². The number of rotatable bonds is 9. The number of nitrogens with zero attached hydrogens (tertiary/aromatic N) is 4. The Morgan fingerprint density at radius 1 is 1.04 bits per heavy atom. The lowest BCUT2D eigenvalue weighted by Gasteiger charge is -2.22. The number of ether oxygens (including phenoxy) is 2. The molecule has 0 aromatic carbocycles. The van der Waals surface area contributed by atoms with E-state index in [1.165, 1.54) is 0 Å². The van der Waals surface area contributed by atoms with Gasteiger partial charge in [-0.25, -0.2) is 4.98 Å². The summed E-state index contributed by atoms with van der Waals surface area (Å²) >= 11 is 0. The molecule has 3 rings (SSSR count). The lowest BCUT2D eigenvalue weighted by Crippen LogP contribution is -2.31. The lowest BCUT2D eigenvalue weighted by molar-refractivity contribution is 0.109. The normalized spacial score (nSPS) is 11.5. The summed E-state index contributed by atoms with van der Waals surface area (Å²) in [6.07, 6.45) is 5.49. The summed E-state index contributed by atoms with van der Waals surface area (Å²) in [6, 6.07) is 7.76. The number of aromatic nitrogens is 3. The fourth-order valence-corrected chi connectivity index (χ4v) is 2.92. The monoisotopic (exact) mass is 355 g/mol. The molecule has 3 aromatic heterocycles. The molecule has 7 nitrogen and oxygen atoms in total. The highest BCUT2D eigenvalue weighted by Gasteiger charge is 2.17. The number of nitrogen functional groups attached to an aromatic ring is 1. The molecule has 3 heterocycles. The summed E-state index contributed by atoms with van der Waals surface area (Å²) in [5, 5.41) is 0. The van der Waals surface area contributed by atoms with E-state index in [4.69, 9.17) is 20.2 Å². The van der Waals surface area contributed by atoms with Crippen LogP contribution in [0.5, 0.6) is 0 Å². The van der Waals surface area contributed by atoms with E-state index in [0.29, 0.717) is 18.9 Å². The van der Waals surface area contributed by atoms with Crippen molar-refractivity contribution in [2.75, 3.05) is 46.3 Å². The second-order valence-corrected chi connectivity index (χ2v) is 6.10. The van der Waals surface area contributed by atoms with Crippen LogP contribution in [0.25, 0.3) is 16.9 Å². The largest absolute Gasteiger partial charge is 0.398 e. The van der Waals surface area contributed by atoms with Crippen LogP contribution in [0.1, 0.15) is 5.69 Å². The number of hydrogen-bond acceptors (Lipinski definition) is 6. The molecule has 0 aliphatic heterocycles. The first-order valence-electron chi connectivity index (χ1n) is 8.60. The molecule has 0 saturated heterocycles. The average molecular weight is 355 g/mol. The average Bonchev–Trinajstić information content (AvgIpc) is 3.02. The minimum atomic E-state index is 0.660. The van der Waals surface area contributed by atoms with Crippen molar-refractivity contribution in [2.45, 2.75) is 6.54 Å². The van der Waals surface area contributed by atoms with Gasteiger partial charge < -0.3 is 19.6 Å². The molecule has 26 heavy (non-hydrogen) atoms. The van der Waals surface area contributed by atoms with Gasteiger partial charge in [-0.15, -0.1) is 0 Å². The van der Waals surface area contributed by atoms with Crippen LogP contribution < -0.4 is 5.73 Å². The Bertz CT molecular complexity index is 827. The van der Waals surface area contributed by atoms with Gasteiger partial charge in [0.2, 0.25) is 0 Å². The Balaban J connectivity index is 2.02. The Morgan fingerprint density at radius 2 is 1.73 bits per heavy atom. The molecule has 0 bridgehead atoms. The van der Waals surface area contributed by atoms with Crippen molar-refractivity contribution in [1.82, 2.24) is 19.3 Å². The predicted octanol–water partition coefficient (Wildman–Crippen LogP) is 2.07. The molecule has 0 aliphatic carbocycles. The highest BCUT2D eigenvalue weighted by atomic mass is 16.5. The number of imidazole rings is 1. The van der Waals surface area contributed by atoms with E-state index in [-0.39, 0.29) is 0 Å². The molecular weight excluding hydrogens is 330 g/mol. The summed E-state index contributed by atoms with van der Waals surface area (Å²) in [5.41, 5.74) is 10.7. The molecular formula is C19H25N5O2. The Labute approximate surface area is 153 Å². The van der Waals surface area contributed by atoms with Crippen LogP contribution in [0.4, 0.5) is 5.69 Å². The molecule has 2 N–H and O–H groups in total. The molecule has 7 heteroatoms. The van der Waals surface area contributed by atoms with Crippen LogP contribution in [-0.4, -0.2) is 59.8 Å². The molecule has 0 atom stereocenters. The van der Waals surface area contributed by atoms with Crippen LogP contribution in [0.15, 0.2) is 42.9 Å². The molecule has 0 fully saturated rings. The maximum Gasteiger partial charge on any atom is 0.137 e. The maximum absolute atomic E-state index is 6.02. The van der Waals surface area contributed by atoms with Crippen molar-refractivity contribution in [1.29, 1.82) is 0 Å². The Morgan fingerprint density at radius 3 is 2.38 bits per heavy atom. The SMILES string of the molecule is COCCN(CCOC)Cc1c(-c2ccncc2)nc2ccc(N)cn12. The van der Waals surface area contributed by atoms with Crippen LogP contribution in [-0.2, 0) is 16.0 Å². The first-order chi connectivity index (χ1) is 12.7. The molecule has 3 aromatic rings. The van der Waals surface area contributed by atoms with Crippen molar-refractivity contribution in [3.63, 3.8) is 0 Å². The van der Waals surface area contributed by atoms with E-state index in [9.17, 15) is 0 Å². The van der Waals surface area contributed by atoms with Crippen LogP contribution in [0, 0.1) is 0 Å². The van der Waals surface area contributed by atoms with Crippen molar-refractivity contribution in [2.24, 2.45) is 0 Å². The summed E-state index contributed by atoms with van der Waals surface area (Å²) < 4.78 is 12.6. The Hall–Kier alpha value is -2.48. The van der Waals surface area contributed by atoms with Gasteiger partial charge in [-0.2, -0.15) is 0 Å². The van der Waals surface area contributed by atoms with E-state index in [2.05, 4.69) is 14.3 Å². The van der Waals surface area contributed by atoms with E-state index < -0.39 is 0 Å². The summed E-state index contributed by atoms with van der Waals surface area (Å²) in [5.74, 6) is 0. The van der Waals surface area contributed by atoms with Gasteiger partial charge in [0.15, 0.2) is 0 Å². The summed E-state index contributed by atoms with van der Waals surface area (Å²) in [6.45, 7) is 3.66. The van der Waals surface area contributed by atoms with Gasteiger partial charge in [0.05, 0.1) is 24.6 Å². The third-order valence-corrected chi connectivity index (χ3v) is 4.29. The molecule has 0 radical (unpaired) electrons. The second-order valence-electron chi connectivity index (χ2n) is 6.10. The minimum Gasteiger partial charge on any atom is -0.398 e. The van der Waals surface area contributed by atoms with Gasteiger partial charge in [0.25, 0.3) is 0 Å². The molecule has 0 aliphatic rings. The lowest BCUT2D eigenvalue weighted by atomic mass is 10.1. The number of pyridine rings is 2. The first kappa shape index (κ1) is 18.3. The zero-order valence-corrected chi connectivity index (χ0v) is 15.3. The van der Waals surface area contributed by atoms with E-state index >= 15 is 0 Å². The van der Waals surface area contributed by atoms with E-state index in [0.717, 1.165) is 42.2 Å². The van der Waals surface area contributed by atoms with Crippen molar-refractivity contribution in [3.05, 3.63) is 48.5 Å². The maximum atomic E-state index is 6.02. The topological polar surface area (TPSA) is 77.9 Å². The summed E-state index contributed by atoms with van der Waals surface area (Å²) in [7, 11) is 3.43. The molecule has 0 unspecified atom stereocenters. The van der Waals surface area contributed by atoms with Gasteiger partial charge >= 0.3 is 0 Å². The third kappa shape index (κ3) is 4.19. The standard InChI is InChI=1S/C19H25N5O2/c1-25-11-9-23(10-12-26-2)14-17-19(15-5-7-21-8-6-15)22-18-4-3-16(20)13-24(17)18/h3-8,13H,9-12,14,20H2,1-2H3. The fourth-order valence-electron chi connectivity index (χ4n) is 2.92. The molecule has 0 saturated carbocycles. The molecule has 138 valence electrons. The van der Waals surface area contributed by atoms with Crippen LogP contribution in [0.3, 0.4) is 0 Å². The van der Waals surface area contributed by atoms with Crippen LogP contribution in [0.2, 0.25) is 0 Å². The van der Waals surface area contributed by atoms with Crippen molar-refractivity contribution in [3.8, 4) is 11.3 Å². The van der Waals surface area contributed by atoms with Gasteiger partial charge in [-0.05, 0) is 24.3 Å². The smallest absolute Gasteiger partial charge is 0.137 e. The highest BCUT2D eigenvalue weighted by Crippen LogP contribution is 2.26. The number of anilines is 1. The molecule has 0 spiro atoms. The minimum absolute atomic E-state index is 0.660. The first-order valence-corrected chi connectivity index (χ1v) is 8.60. The number of nitrogens with two attached hydrogens (primary N) is 1. The fraction of sp³-hybridized carbons (Fsp3) is 0.368. The number of fused-ring (bicyclic) bond motifs is 1. The van der Waals surface area contributed by atoms with Gasteiger partial charge in [0, 0.05) is 63.7 Å². The zero-order chi connectivity index (χ0) is 18.4. The van der Waals surface area contributed by atoms with Crippen molar-refractivity contribution >= 4 is 11.3 Å². The van der Waals surface area contributed by atoms with E-state index in [1.54, 1.807) is 26.6 Å². The van der Waals surface area contributed by atoms with Gasteiger partial charge in [-0.1, -0.05) is 0 Å². The van der Waals surface area contributed by atoms with Gasteiger partial charge in [0.1, 0.15) is 5.65 Å². The van der Waals surface area contributed by atoms with Crippen molar-refractivity contribution < 1.29 is 9.47 Å². The van der Waals surface area contributed by atoms with Crippen LogP contribution >= 0.6 is 0 Å². The number of methoxy groups -OCH3 is 2. The predicted molar refractivity (Wildman–Crippen MR) is 102 cm³/mol.